The van der Waals surface area contributed by atoms with E-state index >= 15 is 0 Å². The number of hydrogen-bond acceptors (Lipinski definition) is 13. The second-order valence-corrected chi connectivity index (χ2v) is 38.7. The number of aromatic nitrogens is 9. The topological polar surface area (TPSA) is 206 Å². The second kappa shape index (κ2) is 41.0. The normalized spacial score (nSPS) is 13.4. The van der Waals surface area contributed by atoms with Crippen LogP contribution in [-0.4, -0.2) is 79.1 Å². The zero-order valence-corrected chi connectivity index (χ0v) is 77.0. The van der Waals surface area contributed by atoms with Gasteiger partial charge in [0, 0.05) is 182 Å². The minimum absolute atomic E-state index is 0. The van der Waals surface area contributed by atoms with E-state index in [1.807, 2.05) is 189 Å². The van der Waals surface area contributed by atoms with Crippen molar-refractivity contribution in [3.05, 3.63) is 327 Å². The van der Waals surface area contributed by atoms with Crippen molar-refractivity contribution in [1.29, 1.82) is 0 Å². The summed E-state index contributed by atoms with van der Waals surface area (Å²) < 4.78 is 16.2. The van der Waals surface area contributed by atoms with E-state index in [0.29, 0.717) is 23.2 Å². The minimum atomic E-state index is -2.79. The summed E-state index contributed by atoms with van der Waals surface area (Å²) in [5.41, 5.74) is 24.6. The van der Waals surface area contributed by atoms with Gasteiger partial charge in [-0.2, -0.15) is 0 Å². The molecule has 2 aliphatic heterocycles. The number of rotatable bonds is 20. The number of benzene rings is 8. The van der Waals surface area contributed by atoms with Crippen LogP contribution in [0.2, 0.25) is 12.1 Å². The van der Waals surface area contributed by atoms with E-state index in [0.717, 1.165) is 203 Å². The van der Waals surface area contributed by atoms with Gasteiger partial charge in [-0.05, 0) is 138 Å². The van der Waals surface area contributed by atoms with Gasteiger partial charge in [-0.3, -0.25) is 39.9 Å². The molecular formula is C107H94N9Ni4O5PSi-4. The van der Waals surface area contributed by atoms with Crippen molar-refractivity contribution in [3.8, 4) is 147 Å². The number of aryl methyl sites for hydroxylation is 1. The monoisotopic (exact) mass is 1880 g/mol. The van der Waals surface area contributed by atoms with Crippen LogP contribution in [-0.2, 0) is 82.5 Å². The average Bonchev–Trinajstić information content (AvgIpc) is 1.57. The summed E-state index contributed by atoms with van der Waals surface area (Å²) in [5.74, 6) is 0.951. The van der Waals surface area contributed by atoms with Crippen LogP contribution in [0.15, 0.2) is 292 Å². The first kappa shape index (κ1) is 93.0. The van der Waals surface area contributed by atoms with Crippen LogP contribution in [0.25, 0.3) is 146 Å². The molecule has 20 rings (SSSR count). The molecule has 0 fully saturated rings. The van der Waals surface area contributed by atoms with Gasteiger partial charge in [0.2, 0.25) is 0 Å². The molecule has 1 aliphatic carbocycles. The number of phenols is 4. The number of aromatic hydroxyl groups is 4. The number of hydrogen-bond donors (Lipinski definition) is 4. The van der Waals surface area contributed by atoms with E-state index < -0.39 is 15.2 Å². The van der Waals surface area contributed by atoms with Gasteiger partial charge in [0.1, 0.15) is 38.2 Å². The van der Waals surface area contributed by atoms with Gasteiger partial charge in [-0.15, -0.1) is 84.9 Å². The predicted octanol–water partition coefficient (Wildman–Crippen LogP) is 23.7. The molecule has 650 valence electrons. The van der Waals surface area contributed by atoms with E-state index in [1.54, 1.807) is 48.9 Å². The zero-order valence-electron chi connectivity index (χ0n) is 71.1. The summed E-state index contributed by atoms with van der Waals surface area (Å²) in [6.07, 6.45) is 16.2. The van der Waals surface area contributed by atoms with Crippen LogP contribution in [0.5, 0.6) is 23.0 Å². The molecule has 14 nitrogen and oxygen atoms in total. The van der Waals surface area contributed by atoms with Gasteiger partial charge in [0.25, 0.3) is 0 Å². The fourth-order valence-corrected chi connectivity index (χ4v) is 27.2. The number of phenolic OH excluding ortho intramolecular Hbond substituents is 4. The van der Waals surface area contributed by atoms with Crippen LogP contribution < -0.4 is 21.0 Å². The molecule has 127 heavy (non-hydrogen) atoms. The summed E-state index contributed by atoms with van der Waals surface area (Å²) in [6.45, 7) is 14.2. The minimum Gasteiger partial charge on any atom is -0.507 e. The third-order valence-corrected chi connectivity index (χ3v) is 32.8. The predicted molar refractivity (Wildman–Crippen MR) is 501 cm³/mol. The quantitative estimate of drug-likeness (QED) is 0.0319. The summed E-state index contributed by atoms with van der Waals surface area (Å²) in [6, 6.07) is 103. The second-order valence-electron chi connectivity index (χ2n) is 31.6. The number of nitrogens with zero attached hydrogens (tertiary/aromatic N) is 9. The maximum absolute atomic E-state index is 13.9. The summed E-state index contributed by atoms with van der Waals surface area (Å²) >= 11 is 0. The maximum Gasteiger partial charge on any atom is 0.146 e. The Balaban J connectivity index is 0.000000143. The van der Waals surface area contributed by atoms with Gasteiger partial charge in [-0.25, -0.2) is 0 Å². The molecule has 3 aliphatic rings. The largest absolute Gasteiger partial charge is 0.507 e. The number of fused-ring (bicyclic) bond motifs is 12. The molecule has 0 spiro atoms. The summed E-state index contributed by atoms with van der Waals surface area (Å²) in [7, 11) is -4.72. The molecule has 4 N–H and O–H groups in total. The molecular weight excluding hydrogens is 1790 g/mol. The van der Waals surface area contributed by atoms with Crippen LogP contribution in [0.1, 0.15) is 104 Å². The van der Waals surface area contributed by atoms with E-state index in [1.165, 1.54) is 33.6 Å². The molecule has 0 amide bonds. The third kappa shape index (κ3) is 18.0. The first-order valence-corrected chi connectivity index (χ1v) is 47.0. The average molecular weight is 1880 g/mol. The smallest absolute Gasteiger partial charge is 0.146 e. The molecule has 17 aromatic rings. The van der Waals surface area contributed by atoms with Crippen molar-refractivity contribution in [2.24, 2.45) is 0 Å². The van der Waals surface area contributed by atoms with Crippen molar-refractivity contribution in [2.75, 3.05) is 6.16 Å². The Hall–Kier alpha value is -11.6. The summed E-state index contributed by atoms with van der Waals surface area (Å²) in [4.78, 5) is 37.9. The van der Waals surface area contributed by atoms with Crippen LogP contribution >= 0.6 is 7.14 Å². The number of pyridine rings is 8. The molecule has 9 aromatic heterocycles. The Kier molecular flexibility index (Phi) is 30.0. The van der Waals surface area contributed by atoms with Crippen molar-refractivity contribution < 1.29 is 91.0 Å². The van der Waals surface area contributed by atoms with Crippen LogP contribution in [0.3, 0.4) is 0 Å². The first-order chi connectivity index (χ1) is 60.2. The Morgan fingerprint density at radius 3 is 1.33 bits per heavy atom. The first-order valence-electron chi connectivity index (χ1n) is 42.7. The van der Waals surface area contributed by atoms with Crippen LogP contribution in [0, 0.1) is 24.3 Å². The Bertz CT molecular complexity index is 6800. The third-order valence-electron chi connectivity index (χ3n) is 23.8. The fourth-order valence-electron chi connectivity index (χ4n) is 18.6. The molecule has 8 aromatic carbocycles. The maximum atomic E-state index is 13.9. The van der Waals surface area contributed by atoms with Crippen molar-refractivity contribution in [1.82, 2.24) is 44.4 Å². The standard InChI is InChI=1S/C29H27N2O.C28H27N2OSi.C25H20N3O.C25H20N2O2P.4Ni/c1-3-16-29(17-4-2)23-13-12-20(25-10-7-8-18-30-25)19-22(23)28-24(29)14-15-26(31-28)21-9-5-6-11-27(21)32;1-3-17-32(18-4-2)25-13-8-12-24(31)27(25)28-26(32)15-14-23(30-28)21-10-7-9-20(19-21)22-11-5-6-16-29-22;1-2-15-28-22-12-10-17(20-8-5-6-14-26-20)16-19(22)25-23(28)13-11-21(27-25)18-7-3-4-9-24(18)29;1-2-15-30(29)22-11-6-10-21(28)24(22)25-23(30)13-12-20(27-25)18-8-5-7-17(16-18)19-9-3-4-14-26-19;;;;/h5-15,18,32H,3-4,16-17H2,1-2H3;5-16,31H,3-4,17-18H2,1-2H3;3-14,29H,2,15H2,1H3;3-14,28H,2,15H2,1H3;;;;/q4*-1;;;;. The Labute approximate surface area is 784 Å². The molecule has 20 heteroatoms. The van der Waals surface area contributed by atoms with Gasteiger partial charge < -0.3 is 29.6 Å². The van der Waals surface area contributed by atoms with Gasteiger partial charge in [0.05, 0.1) is 28.3 Å². The van der Waals surface area contributed by atoms with Gasteiger partial charge in [0.15, 0.2) is 0 Å². The van der Waals surface area contributed by atoms with E-state index in [4.69, 9.17) is 19.9 Å². The van der Waals surface area contributed by atoms with Crippen molar-refractivity contribution in [3.63, 3.8) is 0 Å². The Morgan fingerprint density at radius 1 is 0.346 bits per heavy atom. The van der Waals surface area contributed by atoms with E-state index in [-0.39, 0.29) is 88.6 Å². The molecule has 0 saturated carbocycles. The SMILES string of the molecule is CCCC1(CCC)c2ccc(-c3ccccn3)[c-]c2-c2nc(-c3ccccc3O)ccc21.CCCP1(=O)c2ccc(-c3[c-]c(-c4ccccn4)ccc3)nc2-c2c(O)cccc21.CCC[Si]1(CCC)c2ccc(-c3[c-]c(-c4ccccn4)ccc3)nc2-c2c(O)cccc21.CCCn1c2ccc(-c3ccccn3)[c-]c2c2nc(-c3ccccc3O)ccc21.[Ni].[Ni].[Ni].[Ni]. The Morgan fingerprint density at radius 2 is 0.795 bits per heavy atom. The van der Waals surface area contributed by atoms with Crippen molar-refractivity contribution >= 4 is 58.1 Å². The van der Waals surface area contributed by atoms with Crippen molar-refractivity contribution in [2.45, 2.75) is 117 Å². The molecule has 0 bridgehead atoms. The molecule has 1 unspecified atom stereocenters. The van der Waals surface area contributed by atoms with E-state index in [2.05, 4.69) is 144 Å². The summed E-state index contributed by atoms with van der Waals surface area (Å²) in [5, 5.41) is 47.3. The molecule has 0 saturated heterocycles. The number of para-hydroxylation sites is 2. The fraction of sp³-hybridized carbons (Fsp3) is 0.178. The van der Waals surface area contributed by atoms with E-state index in [9.17, 15) is 25.0 Å². The van der Waals surface area contributed by atoms with Gasteiger partial charge in [-0.1, -0.05) is 250 Å². The van der Waals surface area contributed by atoms with Gasteiger partial charge >= 0.3 is 0 Å². The molecule has 1 atom stereocenters. The van der Waals surface area contributed by atoms with Crippen LogP contribution in [0.4, 0.5) is 0 Å². The molecule has 0 radical (unpaired) electrons. The zero-order chi connectivity index (χ0) is 84.8. The molecule has 11 heterocycles.